The van der Waals surface area contributed by atoms with E-state index in [0.717, 1.165) is 11.1 Å². The number of phenolic OH excluding ortho intramolecular Hbond substituents is 1. The van der Waals surface area contributed by atoms with Gasteiger partial charge in [-0.1, -0.05) is 29.8 Å². The van der Waals surface area contributed by atoms with Crippen molar-refractivity contribution in [3.05, 3.63) is 64.0 Å². The standard InChI is InChI=1S/C18H14O4/c1-10-3-5-12(6-4-10)14-9-16(21)22-18-13(14)7-8-15(20)17(18)11(2)19/h3-9,20H,1-2H3. The molecule has 0 saturated carbocycles. The van der Waals surface area contributed by atoms with E-state index in [9.17, 15) is 14.7 Å². The third-order valence-corrected chi connectivity index (χ3v) is 3.61. The molecule has 0 aliphatic heterocycles. The molecule has 4 nitrogen and oxygen atoms in total. The van der Waals surface area contributed by atoms with Crippen LogP contribution in [0.25, 0.3) is 22.1 Å². The number of benzene rings is 2. The van der Waals surface area contributed by atoms with Crippen molar-refractivity contribution in [1.29, 1.82) is 0 Å². The van der Waals surface area contributed by atoms with E-state index in [-0.39, 0.29) is 22.7 Å². The van der Waals surface area contributed by atoms with Gasteiger partial charge in [-0.25, -0.2) is 4.79 Å². The van der Waals surface area contributed by atoms with Crippen molar-refractivity contribution in [2.75, 3.05) is 0 Å². The molecule has 22 heavy (non-hydrogen) atoms. The minimum absolute atomic E-state index is 0.0311. The minimum Gasteiger partial charge on any atom is -0.507 e. The van der Waals surface area contributed by atoms with Gasteiger partial charge >= 0.3 is 5.63 Å². The van der Waals surface area contributed by atoms with Crippen LogP contribution in [-0.2, 0) is 0 Å². The van der Waals surface area contributed by atoms with Gasteiger partial charge in [-0.05, 0) is 37.1 Å². The van der Waals surface area contributed by atoms with Crippen molar-refractivity contribution in [3.8, 4) is 16.9 Å². The number of Topliss-reactive ketones (excluding diaryl/α,β-unsaturated/α-hetero) is 1. The number of carbonyl (C=O) groups excluding carboxylic acids is 1. The van der Waals surface area contributed by atoms with Crippen LogP contribution in [0.1, 0.15) is 22.8 Å². The zero-order valence-electron chi connectivity index (χ0n) is 12.2. The fourth-order valence-electron chi connectivity index (χ4n) is 2.53. The van der Waals surface area contributed by atoms with Gasteiger partial charge in [0, 0.05) is 11.5 Å². The fourth-order valence-corrected chi connectivity index (χ4v) is 2.53. The third-order valence-electron chi connectivity index (χ3n) is 3.61. The minimum atomic E-state index is -0.559. The number of rotatable bonds is 2. The maximum atomic E-state index is 11.9. The van der Waals surface area contributed by atoms with Crippen LogP contribution >= 0.6 is 0 Å². The lowest BCUT2D eigenvalue weighted by Gasteiger charge is -2.09. The smallest absolute Gasteiger partial charge is 0.336 e. The molecule has 0 unspecified atom stereocenters. The first kappa shape index (κ1) is 14.1. The molecule has 0 atom stereocenters. The first-order valence-corrected chi connectivity index (χ1v) is 6.85. The van der Waals surface area contributed by atoms with E-state index in [4.69, 9.17) is 4.42 Å². The van der Waals surface area contributed by atoms with E-state index in [2.05, 4.69) is 0 Å². The normalized spacial score (nSPS) is 10.8. The van der Waals surface area contributed by atoms with Crippen LogP contribution in [0.15, 0.2) is 51.7 Å². The van der Waals surface area contributed by atoms with E-state index in [1.165, 1.54) is 19.1 Å². The third kappa shape index (κ3) is 2.29. The Kier molecular flexibility index (Phi) is 3.29. The molecule has 4 heteroatoms. The number of hydrogen-bond acceptors (Lipinski definition) is 4. The van der Waals surface area contributed by atoms with Gasteiger partial charge in [0.15, 0.2) is 11.4 Å². The lowest BCUT2D eigenvalue weighted by atomic mass is 9.98. The lowest BCUT2D eigenvalue weighted by Crippen LogP contribution is -2.02. The topological polar surface area (TPSA) is 67.5 Å². The maximum Gasteiger partial charge on any atom is 0.336 e. The summed E-state index contributed by atoms with van der Waals surface area (Å²) >= 11 is 0. The van der Waals surface area contributed by atoms with E-state index < -0.39 is 5.63 Å². The van der Waals surface area contributed by atoms with Gasteiger partial charge in [-0.2, -0.15) is 0 Å². The SMILES string of the molecule is CC(=O)c1c(O)ccc2c(-c3ccc(C)cc3)cc(=O)oc12. The molecule has 0 fully saturated rings. The van der Waals surface area contributed by atoms with Crippen LogP contribution in [0, 0.1) is 6.92 Å². The highest BCUT2D eigenvalue weighted by Gasteiger charge is 2.17. The highest BCUT2D eigenvalue weighted by Crippen LogP contribution is 2.33. The van der Waals surface area contributed by atoms with E-state index in [1.807, 2.05) is 31.2 Å². The first-order valence-electron chi connectivity index (χ1n) is 6.85. The molecule has 3 aromatic rings. The summed E-state index contributed by atoms with van der Waals surface area (Å²) in [4.78, 5) is 23.6. The summed E-state index contributed by atoms with van der Waals surface area (Å²) in [6, 6.07) is 12.2. The zero-order chi connectivity index (χ0) is 15.9. The first-order chi connectivity index (χ1) is 10.5. The van der Waals surface area contributed by atoms with Crippen LogP contribution in [0.2, 0.25) is 0 Å². The molecule has 3 rings (SSSR count). The number of hydrogen-bond donors (Lipinski definition) is 1. The van der Waals surface area contributed by atoms with Gasteiger partial charge in [0.1, 0.15) is 11.3 Å². The highest BCUT2D eigenvalue weighted by atomic mass is 16.4. The Bertz CT molecular complexity index is 934. The van der Waals surface area contributed by atoms with Gasteiger partial charge in [-0.15, -0.1) is 0 Å². The molecule has 1 N–H and O–H groups in total. The van der Waals surface area contributed by atoms with E-state index in [0.29, 0.717) is 10.9 Å². The van der Waals surface area contributed by atoms with Crippen LogP contribution in [0.4, 0.5) is 0 Å². The van der Waals surface area contributed by atoms with Crippen molar-refractivity contribution < 1.29 is 14.3 Å². The lowest BCUT2D eigenvalue weighted by molar-refractivity contribution is 0.101. The van der Waals surface area contributed by atoms with E-state index >= 15 is 0 Å². The average molecular weight is 294 g/mol. The number of phenols is 1. The zero-order valence-corrected chi connectivity index (χ0v) is 12.2. The van der Waals surface area contributed by atoms with Gasteiger partial charge in [0.05, 0.1) is 0 Å². The fraction of sp³-hybridized carbons (Fsp3) is 0.111. The molecule has 0 aliphatic carbocycles. The summed E-state index contributed by atoms with van der Waals surface area (Å²) < 4.78 is 5.18. The van der Waals surface area contributed by atoms with Crippen molar-refractivity contribution in [3.63, 3.8) is 0 Å². The number of aryl methyl sites for hydroxylation is 1. The molecule has 0 spiro atoms. The second-order valence-electron chi connectivity index (χ2n) is 5.24. The molecular weight excluding hydrogens is 280 g/mol. The van der Waals surface area contributed by atoms with E-state index in [1.54, 1.807) is 6.07 Å². The summed E-state index contributed by atoms with van der Waals surface area (Å²) in [5.41, 5.74) is 2.23. The Balaban J connectivity index is 2.42. The van der Waals surface area contributed by atoms with Gasteiger partial charge in [-0.3, -0.25) is 4.79 Å². The Labute approximate surface area is 126 Å². The van der Waals surface area contributed by atoms with Crippen LogP contribution < -0.4 is 5.63 Å². The van der Waals surface area contributed by atoms with Crippen LogP contribution in [0.3, 0.4) is 0 Å². The molecular formula is C18H14O4. The van der Waals surface area contributed by atoms with Crippen molar-refractivity contribution >= 4 is 16.8 Å². The molecule has 0 aliphatic rings. The molecule has 2 aromatic carbocycles. The van der Waals surface area contributed by atoms with Crippen molar-refractivity contribution in [2.24, 2.45) is 0 Å². The summed E-state index contributed by atoms with van der Waals surface area (Å²) in [5, 5.41) is 10.5. The Hall–Kier alpha value is -2.88. The molecule has 1 aromatic heterocycles. The second kappa shape index (κ2) is 5.15. The number of fused-ring (bicyclic) bond motifs is 1. The van der Waals surface area contributed by atoms with Crippen LogP contribution in [-0.4, -0.2) is 10.9 Å². The second-order valence-corrected chi connectivity index (χ2v) is 5.24. The predicted octanol–water partition coefficient (Wildman–Crippen LogP) is 3.68. The quantitative estimate of drug-likeness (QED) is 0.578. The molecule has 0 saturated heterocycles. The molecule has 0 bridgehead atoms. The van der Waals surface area contributed by atoms with Gasteiger partial charge in [0.2, 0.25) is 0 Å². The summed E-state index contributed by atoms with van der Waals surface area (Å²) in [6.07, 6.45) is 0. The summed E-state index contributed by atoms with van der Waals surface area (Å²) in [5.74, 6) is -0.545. The molecule has 0 amide bonds. The van der Waals surface area contributed by atoms with Crippen molar-refractivity contribution in [2.45, 2.75) is 13.8 Å². The summed E-state index contributed by atoms with van der Waals surface area (Å²) in [7, 11) is 0. The van der Waals surface area contributed by atoms with Crippen LogP contribution in [0.5, 0.6) is 5.75 Å². The Morgan fingerprint density at radius 3 is 2.41 bits per heavy atom. The summed E-state index contributed by atoms with van der Waals surface area (Å²) in [6.45, 7) is 3.31. The molecule has 110 valence electrons. The monoisotopic (exact) mass is 294 g/mol. The Morgan fingerprint density at radius 2 is 1.77 bits per heavy atom. The number of ketones is 1. The molecule has 1 heterocycles. The maximum absolute atomic E-state index is 11.9. The number of aromatic hydroxyl groups is 1. The average Bonchev–Trinajstić information content (AvgIpc) is 2.46. The largest absolute Gasteiger partial charge is 0.507 e. The highest BCUT2D eigenvalue weighted by molar-refractivity contribution is 6.09. The predicted molar refractivity (Wildman–Crippen MR) is 84.3 cm³/mol. The van der Waals surface area contributed by atoms with Gasteiger partial charge < -0.3 is 9.52 Å². The van der Waals surface area contributed by atoms with Crippen molar-refractivity contribution in [1.82, 2.24) is 0 Å². The molecule has 0 radical (unpaired) electrons. The van der Waals surface area contributed by atoms with Gasteiger partial charge in [0.25, 0.3) is 0 Å². The number of carbonyl (C=O) groups is 1. The Morgan fingerprint density at radius 1 is 1.09 bits per heavy atom.